The molecule has 98 valence electrons. The third-order valence-corrected chi connectivity index (χ3v) is 3.47. The minimum Gasteiger partial charge on any atom is -0.455 e. The van der Waals surface area contributed by atoms with Crippen molar-refractivity contribution in [3.8, 4) is 11.5 Å². The summed E-state index contributed by atoms with van der Waals surface area (Å²) in [6.45, 7) is 6.06. The van der Waals surface area contributed by atoms with Gasteiger partial charge in [0, 0.05) is 5.56 Å². The summed E-state index contributed by atoms with van der Waals surface area (Å²) in [6.07, 6.45) is 0.763. The summed E-state index contributed by atoms with van der Waals surface area (Å²) in [5.74, 6) is 1.38. The fourth-order valence-corrected chi connectivity index (χ4v) is 2.09. The monoisotopic (exact) mass is 274 g/mol. The highest BCUT2D eigenvalue weighted by Crippen LogP contribution is 2.34. The molecule has 0 aromatic heterocycles. The molecule has 0 bridgehead atoms. The van der Waals surface area contributed by atoms with E-state index in [0.29, 0.717) is 16.3 Å². The summed E-state index contributed by atoms with van der Waals surface area (Å²) in [5.41, 5.74) is 3.85. The van der Waals surface area contributed by atoms with Crippen LogP contribution >= 0.6 is 11.6 Å². The van der Waals surface area contributed by atoms with Crippen molar-refractivity contribution >= 4 is 17.9 Å². The first-order chi connectivity index (χ1) is 9.02. The summed E-state index contributed by atoms with van der Waals surface area (Å²) in [5, 5.41) is 0.435. The van der Waals surface area contributed by atoms with Crippen molar-refractivity contribution in [2.24, 2.45) is 0 Å². The number of carbonyl (C=O) groups excluding carboxylic acids is 1. The molecule has 0 aliphatic rings. The van der Waals surface area contributed by atoms with E-state index in [9.17, 15) is 4.79 Å². The number of aryl methyl sites for hydroxylation is 2. The molecule has 0 N–H and O–H groups in total. The number of ether oxygens (including phenoxy) is 1. The molecule has 0 saturated heterocycles. The van der Waals surface area contributed by atoms with Crippen LogP contribution in [0.4, 0.5) is 0 Å². The Morgan fingerprint density at radius 3 is 2.37 bits per heavy atom. The molecule has 19 heavy (non-hydrogen) atoms. The van der Waals surface area contributed by atoms with Crippen LogP contribution < -0.4 is 4.74 Å². The second-order valence-electron chi connectivity index (χ2n) is 4.56. The Labute approximate surface area is 118 Å². The zero-order valence-electron chi connectivity index (χ0n) is 11.2. The van der Waals surface area contributed by atoms with Gasteiger partial charge in [-0.05, 0) is 55.7 Å². The van der Waals surface area contributed by atoms with Crippen molar-refractivity contribution in [2.75, 3.05) is 0 Å². The van der Waals surface area contributed by atoms with E-state index in [1.54, 1.807) is 18.2 Å². The van der Waals surface area contributed by atoms with E-state index >= 15 is 0 Å². The molecule has 0 unspecified atom stereocenters. The van der Waals surface area contributed by atoms with Gasteiger partial charge in [0.1, 0.15) is 17.8 Å². The first-order valence-electron chi connectivity index (χ1n) is 6.02. The number of rotatable bonds is 3. The number of carbonyl (C=O) groups is 1. The Balaban J connectivity index is 2.42. The summed E-state index contributed by atoms with van der Waals surface area (Å²) >= 11 is 6.12. The largest absolute Gasteiger partial charge is 0.455 e. The minimum absolute atomic E-state index is 0.435. The molecule has 2 nitrogen and oxygen atoms in total. The van der Waals surface area contributed by atoms with E-state index in [-0.39, 0.29) is 0 Å². The van der Waals surface area contributed by atoms with Gasteiger partial charge in [0.05, 0.1) is 5.02 Å². The van der Waals surface area contributed by atoms with Crippen LogP contribution in [0, 0.1) is 20.8 Å². The van der Waals surface area contributed by atoms with Crippen molar-refractivity contribution in [1.82, 2.24) is 0 Å². The maximum absolute atomic E-state index is 10.7. The summed E-state index contributed by atoms with van der Waals surface area (Å²) in [6, 6.07) is 9.09. The lowest BCUT2D eigenvalue weighted by molar-refractivity contribution is 0.112. The van der Waals surface area contributed by atoms with Gasteiger partial charge in [-0.2, -0.15) is 0 Å². The third-order valence-electron chi connectivity index (χ3n) is 3.18. The normalized spacial score (nSPS) is 10.3. The molecule has 2 aromatic rings. The van der Waals surface area contributed by atoms with Crippen molar-refractivity contribution < 1.29 is 9.53 Å². The Hall–Kier alpha value is -1.80. The molecular formula is C16H15ClO2. The molecule has 0 heterocycles. The smallest absolute Gasteiger partial charge is 0.150 e. The lowest BCUT2D eigenvalue weighted by Crippen LogP contribution is -1.94. The molecule has 0 fully saturated rings. The van der Waals surface area contributed by atoms with Gasteiger partial charge in [-0.3, -0.25) is 4.79 Å². The predicted octanol–water partition coefficient (Wildman–Crippen LogP) is 4.87. The van der Waals surface area contributed by atoms with E-state index in [1.165, 1.54) is 5.56 Å². The van der Waals surface area contributed by atoms with Crippen LogP contribution in [0.25, 0.3) is 0 Å². The maximum atomic E-state index is 10.7. The molecule has 0 saturated carbocycles. The van der Waals surface area contributed by atoms with Crippen LogP contribution in [-0.2, 0) is 0 Å². The van der Waals surface area contributed by atoms with E-state index in [2.05, 4.69) is 6.07 Å². The number of hydrogen-bond acceptors (Lipinski definition) is 2. The van der Waals surface area contributed by atoms with Crippen LogP contribution in [0.2, 0.25) is 5.02 Å². The average molecular weight is 275 g/mol. The molecule has 2 rings (SSSR count). The quantitative estimate of drug-likeness (QED) is 0.747. The molecule has 0 radical (unpaired) electrons. The van der Waals surface area contributed by atoms with Crippen molar-refractivity contribution in [1.29, 1.82) is 0 Å². The van der Waals surface area contributed by atoms with Gasteiger partial charge in [0.2, 0.25) is 0 Å². The maximum Gasteiger partial charge on any atom is 0.150 e. The van der Waals surface area contributed by atoms with E-state index in [0.717, 1.165) is 23.2 Å². The Morgan fingerprint density at radius 1 is 1.05 bits per heavy atom. The van der Waals surface area contributed by atoms with Crippen LogP contribution in [0.3, 0.4) is 0 Å². The number of hydrogen-bond donors (Lipinski definition) is 0. The fourth-order valence-electron chi connectivity index (χ4n) is 1.87. The number of aldehydes is 1. The third kappa shape index (κ3) is 2.79. The van der Waals surface area contributed by atoms with Gasteiger partial charge in [-0.15, -0.1) is 0 Å². The van der Waals surface area contributed by atoms with Gasteiger partial charge in [0.25, 0.3) is 0 Å². The number of halogens is 1. The molecular weight excluding hydrogens is 260 g/mol. The van der Waals surface area contributed by atoms with Crippen LogP contribution in [0.15, 0.2) is 30.3 Å². The highest BCUT2D eigenvalue weighted by atomic mass is 35.5. The molecule has 0 aliphatic carbocycles. The summed E-state index contributed by atoms with van der Waals surface area (Å²) in [4.78, 5) is 10.7. The first-order valence-corrected chi connectivity index (χ1v) is 6.40. The first kappa shape index (κ1) is 13.6. The van der Waals surface area contributed by atoms with Gasteiger partial charge in [-0.25, -0.2) is 0 Å². The highest BCUT2D eigenvalue weighted by molar-refractivity contribution is 6.32. The van der Waals surface area contributed by atoms with E-state index < -0.39 is 0 Å². The van der Waals surface area contributed by atoms with Crippen molar-refractivity contribution in [3.05, 3.63) is 57.6 Å². The summed E-state index contributed by atoms with van der Waals surface area (Å²) < 4.78 is 5.90. The van der Waals surface area contributed by atoms with Crippen LogP contribution in [-0.4, -0.2) is 6.29 Å². The van der Waals surface area contributed by atoms with Gasteiger partial charge < -0.3 is 4.74 Å². The van der Waals surface area contributed by atoms with Crippen LogP contribution in [0.5, 0.6) is 11.5 Å². The molecule has 0 spiro atoms. The fraction of sp³-hybridized carbons (Fsp3) is 0.188. The van der Waals surface area contributed by atoms with Crippen molar-refractivity contribution in [2.45, 2.75) is 20.8 Å². The minimum atomic E-state index is 0.435. The molecule has 0 aliphatic heterocycles. The van der Waals surface area contributed by atoms with Crippen molar-refractivity contribution in [3.63, 3.8) is 0 Å². The Kier molecular flexibility index (Phi) is 3.91. The Morgan fingerprint density at radius 2 is 1.74 bits per heavy atom. The zero-order chi connectivity index (χ0) is 14.0. The molecule has 3 heteroatoms. The topological polar surface area (TPSA) is 26.3 Å². The number of benzene rings is 2. The van der Waals surface area contributed by atoms with Gasteiger partial charge in [-0.1, -0.05) is 23.7 Å². The van der Waals surface area contributed by atoms with E-state index in [4.69, 9.17) is 16.3 Å². The second-order valence-corrected chi connectivity index (χ2v) is 4.97. The highest BCUT2D eigenvalue weighted by Gasteiger charge is 2.10. The molecule has 0 atom stereocenters. The average Bonchev–Trinajstić information content (AvgIpc) is 2.40. The summed E-state index contributed by atoms with van der Waals surface area (Å²) in [7, 11) is 0. The van der Waals surface area contributed by atoms with Crippen LogP contribution in [0.1, 0.15) is 27.0 Å². The predicted molar refractivity (Wildman–Crippen MR) is 77.6 cm³/mol. The second kappa shape index (κ2) is 5.45. The zero-order valence-corrected chi connectivity index (χ0v) is 11.9. The van der Waals surface area contributed by atoms with Gasteiger partial charge >= 0.3 is 0 Å². The van der Waals surface area contributed by atoms with E-state index in [1.807, 2.05) is 26.8 Å². The molecule has 0 amide bonds. The lowest BCUT2D eigenvalue weighted by Gasteiger charge is -2.14. The Bertz CT molecular complexity index is 633. The lowest BCUT2D eigenvalue weighted by atomic mass is 10.1. The van der Waals surface area contributed by atoms with Gasteiger partial charge in [0.15, 0.2) is 0 Å². The molecule has 2 aromatic carbocycles. The SMILES string of the molecule is Cc1ccc(C)c(Oc2ccc(C=O)cc2Cl)c1C. The standard InChI is InChI=1S/C16H15ClO2/c1-10-4-5-11(2)16(12(10)3)19-15-7-6-13(9-18)8-14(15)17/h4-9H,1-3H3.